The second-order valence-corrected chi connectivity index (χ2v) is 8.97. The van der Waals surface area contributed by atoms with Crippen LogP contribution < -0.4 is 10.2 Å². The first-order chi connectivity index (χ1) is 15.4. The first-order valence-electron chi connectivity index (χ1n) is 10.9. The molecule has 1 aliphatic heterocycles. The summed E-state index contributed by atoms with van der Waals surface area (Å²) in [5, 5.41) is 3.71. The van der Waals surface area contributed by atoms with Crippen LogP contribution >= 0.6 is 11.6 Å². The molecule has 0 bridgehead atoms. The van der Waals surface area contributed by atoms with Crippen molar-refractivity contribution in [1.29, 1.82) is 0 Å². The fraction of sp³-hybridized carbons (Fsp3) is 0.259. The Hall–Kier alpha value is -3.11. The molecule has 3 aromatic carbocycles. The molecule has 0 spiro atoms. The molecule has 4 nitrogen and oxygen atoms in total. The van der Waals surface area contributed by atoms with Crippen molar-refractivity contribution in [2.24, 2.45) is 0 Å². The monoisotopic (exact) mass is 446 g/mol. The van der Waals surface area contributed by atoms with E-state index in [2.05, 4.69) is 24.4 Å². The summed E-state index contributed by atoms with van der Waals surface area (Å²) >= 11 is 6.04. The minimum absolute atomic E-state index is 0.0275. The number of halogens is 1. The van der Waals surface area contributed by atoms with Gasteiger partial charge in [-0.05, 0) is 59.9 Å². The number of benzene rings is 3. The molecule has 0 aliphatic carbocycles. The van der Waals surface area contributed by atoms with E-state index in [1.165, 1.54) is 5.56 Å². The van der Waals surface area contributed by atoms with Crippen LogP contribution in [0, 0.1) is 0 Å². The standard InChI is InChI=1S/C27H27ClN2O2/c1-19(31)30-16-15-27(2,21-8-4-3-5-9-21)24-18-23(12-13-25(24)30)29-26(32)14-11-20-7-6-10-22(28)17-20/h3-10,12-13,17-18H,11,14-16H2,1-2H3,(H,29,32). The molecule has 2 amide bonds. The van der Waals surface area contributed by atoms with Gasteiger partial charge in [0.15, 0.2) is 0 Å². The Bertz CT molecular complexity index is 1150. The molecular weight excluding hydrogens is 420 g/mol. The molecule has 0 fully saturated rings. The average Bonchev–Trinajstić information content (AvgIpc) is 2.79. The van der Waals surface area contributed by atoms with Gasteiger partial charge in [0.25, 0.3) is 0 Å². The van der Waals surface area contributed by atoms with Crippen molar-refractivity contribution in [3.63, 3.8) is 0 Å². The van der Waals surface area contributed by atoms with E-state index in [4.69, 9.17) is 11.6 Å². The van der Waals surface area contributed by atoms with E-state index in [1.54, 1.807) is 6.92 Å². The Morgan fingerprint density at radius 1 is 1.03 bits per heavy atom. The third-order valence-corrected chi connectivity index (χ3v) is 6.56. The van der Waals surface area contributed by atoms with Crippen LogP contribution in [0.1, 0.15) is 43.4 Å². The van der Waals surface area contributed by atoms with Gasteiger partial charge < -0.3 is 10.2 Å². The van der Waals surface area contributed by atoms with Gasteiger partial charge in [-0.2, -0.15) is 0 Å². The molecule has 164 valence electrons. The van der Waals surface area contributed by atoms with E-state index < -0.39 is 0 Å². The maximum Gasteiger partial charge on any atom is 0.224 e. The minimum Gasteiger partial charge on any atom is -0.326 e. The second kappa shape index (κ2) is 9.17. The molecule has 5 heteroatoms. The van der Waals surface area contributed by atoms with Crippen molar-refractivity contribution >= 4 is 34.8 Å². The summed E-state index contributed by atoms with van der Waals surface area (Å²) in [6, 6.07) is 23.8. The molecule has 0 aromatic heterocycles. The van der Waals surface area contributed by atoms with Crippen molar-refractivity contribution in [2.45, 2.75) is 38.5 Å². The second-order valence-electron chi connectivity index (χ2n) is 8.53. The first-order valence-corrected chi connectivity index (χ1v) is 11.3. The fourth-order valence-corrected chi connectivity index (χ4v) is 4.70. The molecule has 4 rings (SSSR count). The molecule has 32 heavy (non-hydrogen) atoms. The maximum absolute atomic E-state index is 12.6. The van der Waals surface area contributed by atoms with Crippen molar-refractivity contribution in [1.82, 2.24) is 0 Å². The highest BCUT2D eigenvalue weighted by molar-refractivity contribution is 6.30. The maximum atomic E-state index is 12.6. The van der Waals surface area contributed by atoms with E-state index in [0.29, 0.717) is 24.4 Å². The normalized spacial score (nSPS) is 17.5. The zero-order chi connectivity index (χ0) is 22.7. The number of fused-ring (bicyclic) bond motifs is 1. The summed E-state index contributed by atoms with van der Waals surface area (Å²) in [5.74, 6) is -0.0229. The first kappa shape index (κ1) is 22.1. The number of hydrogen-bond acceptors (Lipinski definition) is 2. The Morgan fingerprint density at radius 3 is 2.53 bits per heavy atom. The van der Waals surface area contributed by atoms with Crippen molar-refractivity contribution < 1.29 is 9.59 Å². The van der Waals surface area contributed by atoms with Crippen LogP contribution in [-0.4, -0.2) is 18.4 Å². The summed E-state index contributed by atoms with van der Waals surface area (Å²) in [7, 11) is 0. The SMILES string of the molecule is CC(=O)N1CCC(C)(c2ccccc2)c2cc(NC(=O)CCc3cccc(Cl)c3)ccc21. The van der Waals surface area contributed by atoms with E-state index in [9.17, 15) is 9.59 Å². The van der Waals surface area contributed by atoms with Crippen LogP contribution in [-0.2, 0) is 21.4 Å². The van der Waals surface area contributed by atoms with Crippen LogP contribution in [0.4, 0.5) is 11.4 Å². The van der Waals surface area contributed by atoms with Gasteiger partial charge in [-0.25, -0.2) is 0 Å². The topological polar surface area (TPSA) is 49.4 Å². The Kier molecular flexibility index (Phi) is 6.33. The minimum atomic E-state index is -0.246. The molecule has 1 N–H and O–H groups in total. The fourth-order valence-electron chi connectivity index (χ4n) is 4.49. The number of carbonyl (C=O) groups is 2. The van der Waals surface area contributed by atoms with E-state index in [1.807, 2.05) is 65.6 Å². The van der Waals surface area contributed by atoms with Crippen LogP contribution in [0.5, 0.6) is 0 Å². The van der Waals surface area contributed by atoms with E-state index in [0.717, 1.165) is 28.9 Å². The number of rotatable bonds is 5. The van der Waals surface area contributed by atoms with Gasteiger partial charge in [0.2, 0.25) is 11.8 Å². The van der Waals surface area contributed by atoms with Gasteiger partial charge in [-0.15, -0.1) is 0 Å². The lowest BCUT2D eigenvalue weighted by molar-refractivity contribution is -0.117. The van der Waals surface area contributed by atoms with Gasteiger partial charge in [0, 0.05) is 41.7 Å². The number of amides is 2. The van der Waals surface area contributed by atoms with Crippen LogP contribution in [0.25, 0.3) is 0 Å². The van der Waals surface area contributed by atoms with Crippen molar-refractivity contribution in [3.8, 4) is 0 Å². The number of anilines is 2. The average molecular weight is 447 g/mol. The molecule has 1 aliphatic rings. The zero-order valence-corrected chi connectivity index (χ0v) is 19.2. The van der Waals surface area contributed by atoms with Crippen molar-refractivity contribution in [3.05, 3.63) is 94.5 Å². The predicted molar refractivity (Wildman–Crippen MR) is 130 cm³/mol. The number of nitrogens with zero attached hydrogens (tertiary/aromatic N) is 1. The van der Waals surface area contributed by atoms with Gasteiger partial charge in [0.05, 0.1) is 0 Å². The number of aryl methyl sites for hydroxylation is 1. The van der Waals surface area contributed by atoms with E-state index >= 15 is 0 Å². The summed E-state index contributed by atoms with van der Waals surface area (Å²) in [4.78, 5) is 26.7. The number of hydrogen-bond donors (Lipinski definition) is 1. The van der Waals surface area contributed by atoms with Gasteiger partial charge in [-0.3, -0.25) is 9.59 Å². The Balaban J connectivity index is 1.59. The Labute approximate surface area is 194 Å². The highest BCUT2D eigenvalue weighted by Gasteiger charge is 2.37. The summed E-state index contributed by atoms with van der Waals surface area (Å²) in [5.41, 5.74) is 4.70. The third-order valence-electron chi connectivity index (χ3n) is 6.32. The molecule has 1 atom stereocenters. The Morgan fingerprint density at radius 2 is 1.81 bits per heavy atom. The lowest BCUT2D eigenvalue weighted by atomic mass is 9.71. The highest BCUT2D eigenvalue weighted by Crippen LogP contribution is 2.45. The predicted octanol–water partition coefficient (Wildman–Crippen LogP) is 5.97. The van der Waals surface area contributed by atoms with Gasteiger partial charge >= 0.3 is 0 Å². The van der Waals surface area contributed by atoms with Crippen molar-refractivity contribution in [2.75, 3.05) is 16.8 Å². The highest BCUT2D eigenvalue weighted by atomic mass is 35.5. The molecule has 0 saturated carbocycles. The summed E-state index contributed by atoms with van der Waals surface area (Å²) < 4.78 is 0. The molecule has 1 heterocycles. The number of carbonyl (C=O) groups excluding carboxylic acids is 2. The van der Waals surface area contributed by atoms with Gasteiger partial charge in [0.1, 0.15) is 0 Å². The summed E-state index contributed by atoms with van der Waals surface area (Å²) in [6.07, 6.45) is 1.81. The molecule has 1 unspecified atom stereocenters. The summed E-state index contributed by atoms with van der Waals surface area (Å²) in [6.45, 7) is 4.48. The lowest BCUT2D eigenvalue weighted by Crippen LogP contribution is -2.41. The van der Waals surface area contributed by atoms with Crippen LogP contribution in [0.15, 0.2) is 72.8 Å². The quantitative estimate of drug-likeness (QED) is 0.524. The molecule has 0 saturated heterocycles. The number of nitrogens with one attached hydrogen (secondary N) is 1. The smallest absolute Gasteiger partial charge is 0.224 e. The van der Waals surface area contributed by atoms with Crippen LogP contribution in [0.3, 0.4) is 0 Å². The largest absolute Gasteiger partial charge is 0.326 e. The molecule has 0 radical (unpaired) electrons. The van der Waals surface area contributed by atoms with Crippen LogP contribution in [0.2, 0.25) is 5.02 Å². The van der Waals surface area contributed by atoms with E-state index in [-0.39, 0.29) is 17.2 Å². The molecule has 3 aromatic rings. The van der Waals surface area contributed by atoms with Gasteiger partial charge in [-0.1, -0.05) is 61.0 Å². The molecular formula is C27H27ClN2O2. The lowest BCUT2D eigenvalue weighted by Gasteiger charge is -2.41. The third kappa shape index (κ3) is 4.56. The zero-order valence-electron chi connectivity index (χ0n) is 18.4.